The van der Waals surface area contributed by atoms with Crippen molar-refractivity contribution in [3.05, 3.63) is 54.7 Å². The minimum Gasteiger partial charge on any atom is -1.00 e. The standard InChI is InChI=1S/C13H15FN3.HI/c1-2-9-17(16-10-4-3-5-11-16)13-12(14)7-6-8-15-13;/h3-8,10-11H,2,9H2,1H3;1H/q+1;/p-1. The van der Waals surface area contributed by atoms with Crippen LogP contribution in [0.3, 0.4) is 0 Å². The van der Waals surface area contributed by atoms with E-state index >= 15 is 0 Å². The van der Waals surface area contributed by atoms with Crippen molar-refractivity contribution in [3.8, 4) is 0 Å². The highest BCUT2D eigenvalue weighted by Crippen LogP contribution is 2.13. The van der Waals surface area contributed by atoms with Gasteiger partial charge in [-0.05, 0) is 18.6 Å². The quantitative estimate of drug-likeness (QED) is 0.526. The molecule has 96 valence electrons. The molecule has 0 saturated carbocycles. The van der Waals surface area contributed by atoms with E-state index in [1.165, 1.54) is 6.07 Å². The van der Waals surface area contributed by atoms with E-state index in [1.807, 2.05) is 40.3 Å². The molecule has 0 aromatic carbocycles. The van der Waals surface area contributed by atoms with E-state index in [-0.39, 0.29) is 29.8 Å². The van der Waals surface area contributed by atoms with E-state index in [0.29, 0.717) is 12.4 Å². The van der Waals surface area contributed by atoms with Crippen LogP contribution < -0.4 is 33.7 Å². The summed E-state index contributed by atoms with van der Waals surface area (Å²) in [6.07, 6.45) is 6.27. The first kappa shape index (κ1) is 14.8. The third-order valence-corrected chi connectivity index (χ3v) is 2.40. The van der Waals surface area contributed by atoms with E-state index < -0.39 is 0 Å². The Kier molecular flexibility index (Phi) is 5.97. The van der Waals surface area contributed by atoms with Gasteiger partial charge in [-0.15, -0.1) is 5.01 Å². The first-order chi connectivity index (χ1) is 8.33. The highest BCUT2D eigenvalue weighted by Gasteiger charge is 2.19. The maximum atomic E-state index is 13.7. The lowest BCUT2D eigenvalue weighted by Gasteiger charge is -2.15. The molecule has 0 bridgehead atoms. The van der Waals surface area contributed by atoms with Crippen LogP contribution in [0, 0.1) is 5.82 Å². The Morgan fingerprint density at radius 2 is 1.94 bits per heavy atom. The summed E-state index contributed by atoms with van der Waals surface area (Å²) in [6, 6.07) is 8.76. The Balaban J connectivity index is 0.00000162. The largest absolute Gasteiger partial charge is 1.00 e. The molecule has 0 aliphatic carbocycles. The molecule has 0 fully saturated rings. The van der Waals surface area contributed by atoms with Gasteiger partial charge in [-0.3, -0.25) is 0 Å². The van der Waals surface area contributed by atoms with Gasteiger partial charge in [0, 0.05) is 18.3 Å². The van der Waals surface area contributed by atoms with Gasteiger partial charge < -0.3 is 24.0 Å². The highest BCUT2D eigenvalue weighted by molar-refractivity contribution is 5.35. The molecular weight excluding hydrogens is 344 g/mol. The summed E-state index contributed by atoms with van der Waals surface area (Å²) >= 11 is 0. The van der Waals surface area contributed by atoms with Crippen molar-refractivity contribution in [1.82, 2.24) is 4.98 Å². The third-order valence-electron chi connectivity index (χ3n) is 2.40. The van der Waals surface area contributed by atoms with Crippen molar-refractivity contribution in [2.45, 2.75) is 13.3 Å². The van der Waals surface area contributed by atoms with Gasteiger partial charge in [0.1, 0.15) is 0 Å². The maximum Gasteiger partial charge on any atom is 0.224 e. The molecule has 0 aliphatic rings. The summed E-state index contributed by atoms with van der Waals surface area (Å²) in [5, 5.41) is 1.81. The van der Waals surface area contributed by atoms with Crippen molar-refractivity contribution >= 4 is 5.82 Å². The van der Waals surface area contributed by atoms with Crippen LogP contribution in [0.15, 0.2) is 48.9 Å². The summed E-state index contributed by atoms with van der Waals surface area (Å²) in [5.41, 5.74) is 0. The number of anilines is 1. The fraction of sp³-hybridized carbons (Fsp3) is 0.231. The van der Waals surface area contributed by atoms with Crippen LogP contribution in [0.2, 0.25) is 0 Å². The molecule has 0 N–H and O–H groups in total. The van der Waals surface area contributed by atoms with Crippen LogP contribution in [0.1, 0.15) is 13.3 Å². The number of hydrogen-bond donors (Lipinski definition) is 0. The molecule has 18 heavy (non-hydrogen) atoms. The first-order valence-corrected chi connectivity index (χ1v) is 5.67. The van der Waals surface area contributed by atoms with Gasteiger partial charge in [-0.25, -0.2) is 9.37 Å². The second-order valence-corrected chi connectivity index (χ2v) is 3.69. The summed E-state index contributed by atoms with van der Waals surface area (Å²) in [5.74, 6) is 0.0443. The smallest absolute Gasteiger partial charge is 0.224 e. The second kappa shape index (κ2) is 7.25. The van der Waals surface area contributed by atoms with Gasteiger partial charge in [0.2, 0.25) is 5.82 Å². The number of halogens is 2. The van der Waals surface area contributed by atoms with Gasteiger partial charge >= 0.3 is 0 Å². The van der Waals surface area contributed by atoms with Crippen molar-refractivity contribution in [1.29, 1.82) is 0 Å². The van der Waals surface area contributed by atoms with Gasteiger partial charge in [-0.1, -0.05) is 17.7 Å². The molecular formula is C13H15FIN3. The van der Waals surface area contributed by atoms with E-state index in [1.54, 1.807) is 12.3 Å². The molecule has 0 saturated heterocycles. The number of pyridine rings is 2. The van der Waals surface area contributed by atoms with E-state index in [0.717, 1.165) is 6.42 Å². The van der Waals surface area contributed by atoms with Crippen LogP contribution in [0.25, 0.3) is 0 Å². The molecule has 2 aromatic rings. The zero-order valence-corrected chi connectivity index (χ0v) is 12.3. The van der Waals surface area contributed by atoms with E-state index in [2.05, 4.69) is 11.9 Å². The minimum atomic E-state index is -0.308. The third kappa shape index (κ3) is 3.38. The number of aromatic nitrogens is 2. The van der Waals surface area contributed by atoms with Crippen molar-refractivity contribution in [2.24, 2.45) is 0 Å². The summed E-state index contributed by atoms with van der Waals surface area (Å²) < 4.78 is 15.6. The monoisotopic (exact) mass is 359 g/mol. The van der Waals surface area contributed by atoms with Crippen molar-refractivity contribution < 1.29 is 33.0 Å². The predicted molar refractivity (Wildman–Crippen MR) is 63.9 cm³/mol. The molecule has 0 unspecified atom stereocenters. The van der Waals surface area contributed by atoms with E-state index in [9.17, 15) is 4.39 Å². The molecule has 2 aromatic heterocycles. The van der Waals surface area contributed by atoms with Crippen LogP contribution in [-0.4, -0.2) is 11.5 Å². The molecule has 0 aliphatic heterocycles. The lowest BCUT2D eigenvalue weighted by atomic mass is 10.4. The van der Waals surface area contributed by atoms with Crippen molar-refractivity contribution in [3.63, 3.8) is 0 Å². The molecule has 2 heterocycles. The van der Waals surface area contributed by atoms with Crippen LogP contribution >= 0.6 is 0 Å². The Morgan fingerprint density at radius 1 is 1.22 bits per heavy atom. The first-order valence-electron chi connectivity index (χ1n) is 5.67. The Labute approximate surface area is 123 Å². The lowest BCUT2D eigenvalue weighted by Crippen LogP contribution is -3.00. The van der Waals surface area contributed by atoms with Crippen LogP contribution in [0.5, 0.6) is 0 Å². The average molecular weight is 359 g/mol. The van der Waals surface area contributed by atoms with Crippen LogP contribution in [-0.2, 0) is 0 Å². The fourth-order valence-electron chi connectivity index (χ4n) is 1.66. The van der Waals surface area contributed by atoms with Crippen molar-refractivity contribution in [2.75, 3.05) is 11.6 Å². The Hall–Kier alpha value is -1.24. The lowest BCUT2D eigenvalue weighted by molar-refractivity contribution is -0.685. The number of hydrogen-bond acceptors (Lipinski definition) is 2. The Morgan fingerprint density at radius 3 is 2.56 bits per heavy atom. The topological polar surface area (TPSA) is 20.0 Å². The molecule has 5 heteroatoms. The molecule has 2 rings (SSSR count). The highest BCUT2D eigenvalue weighted by atomic mass is 127. The van der Waals surface area contributed by atoms with Gasteiger partial charge in [0.15, 0.2) is 18.2 Å². The van der Waals surface area contributed by atoms with Gasteiger partial charge in [0.25, 0.3) is 0 Å². The molecule has 3 nitrogen and oxygen atoms in total. The van der Waals surface area contributed by atoms with Gasteiger partial charge in [0.05, 0.1) is 6.54 Å². The summed E-state index contributed by atoms with van der Waals surface area (Å²) in [6.45, 7) is 2.76. The molecule has 0 atom stereocenters. The summed E-state index contributed by atoms with van der Waals surface area (Å²) in [4.78, 5) is 4.10. The second-order valence-electron chi connectivity index (χ2n) is 3.69. The SMILES string of the molecule is CCCN(c1ncccc1F)[n+]1ccccc1.[I-]. The maximum absolute atomic E-state index is 13.7. The number of nitrogens with zero attached hydrogens (tertiary/aromatic N) is 3. The van der Waals surface area contributed by atoms with Gasteiger partial charge in [-0.2, -0.15) is 0 Å². The summed E-state index contributed by atoms with van der Waals surface area (Å²) in [7, 11) is 0. The number of rotatable bonds is 4. The zero-order chi connectivity index (χ0) is 12.1. The minimum absolute atomic E-state index is 0. The normalized spacial score (nSPS) is 9.67. The molecule has 0 amide bonds. The Bertz CT molecular complexity index is 479. The van der Waals surface area contributed by atoms with Crippen LogP contribution in [0.4, 0.5) is 10.2 Å². The fourth-order valence-corrected chi connectivity index (χ4v) is 1.66. The zero-order valence-electron chi connectivity index (χ0n) is 10.1. The van der Waals surface area contributed by atoms with E-state index in [4.69, 9.17) is 0 Å². The molecule has 0 spiro atoms. The average Bonchev–Trinajstić information content (AvgIpc) is 2.38. The predicted octanol–water partition coefficient (Wildman–Crippen LogP) is -0.808. The molecule has 0 radical (unpaired) electrons.